The van der Waals surface area contributed by atoms with E-state index in [1.54, 1.807) is 5.71 Å². The van der Waals surface area contributed by atoms with Crippen LogP contribution in [0.5, 0.6) is 0 Å². The summed E-state index contributed by atoms with van der Waals surface area (Å²) in [7, 11) is 0. The Morgan fingerprint density at radius 2 is 1.55 bits per heavy atom. The smallest absolute Gasteiger partial charge is 0.0429 e. The number of aliphatic imine (C=N–C) groups is 1. The van der Waals surface area contributed by atoms with Crippen molar-refractivity contribution >= 4 is 5.71 Å². The minimum Gasteiger partial charge on any atom is -0.293 e. The fourth-order valence-corrected chi connectivity index (χ4v) is 4.14. The largest absolute Gasteiger partial charge is 0.293 e. The van der Waals surface area contributed by atoms with E-state index in [4.69, 9.17) is 4.99 Å². The lowest BCUT2D eigenvalue weighted by molar-refractivity contribution is 0.239. The minimum atomic E-state index is 0.521. The second kappa shape index (κ2) is 6.56. The zero-order chi connectivity index (χ0) is 13.7. The summed E-state index contributed by atoms with van der Waals surface area (Å²) in [5.74, 6) is 0. The van der Waals surface area contributed by atoms with Crippen LogP contribution in [0.1, 0.15) is 63.4 Å². The quantitative estimate of drug-likeness (QED) is 0.715. The van der Waals surface area contributed by atoms with Gasteiger partial charge in [0.05, 0.1) is 0 Å². The van der Waals surface area contributed by atoms with Gasteiger partial charge in [-0.25, -0.2) is 0 Å². The van der Waals surface area contributed by atoms with E-state index in [9.17, 15) is 0 Å². The Labute approximate surface area is 123 Å². The van der Waals surface area contributed by atoms with Gasteiger partial charge in [-0.3, -0.25) is 4.99 Å². The second-order valence-corrected chi connectivity index (χ2v) is 6.61. The van der Waals surface area contributed by atoms with E-state index in [2.05, 4.69) is 30.3 Å². The average molecular weight is 269 g/mol. The summed E-state index contributed by atoms with van der Waals surface area (Å²) in [4.78, 5) is 5.07. The molecule has 2 aliphatic rings. The van der Waals surface area contributed by atoms with Crippen LogP contribution in [0.2, 0.25) is 0 Å². The van der Waals surface area contributed by atoms with E-state index in [0.717, 1.165) is 13.0 Å². The van der Waals surface area contributed by atoms with Crippen molar-refractivity contribution in [1.82, 2.24) is 0 Å². The molecule has 0 aliphatic heterocycles. The van der Waals surface area contributed by atoms with Crippen LogP contribution in [0.3, 0.4) is 0 Å². The molecule has 2 saturated carbocycles. The van der Waals surface area contributed by atoms with E-state index in [-0.39, 0.29) is 0 Å². The van der Waals surface area contributed by atoms with Crippen molar-refractivity contribution in [2.24, 2.45) is 10.4 Å². The maximum atomic E-state index is 5.07. The van der Waals surface area contributed by atoms with Gasteiger partial charge < -0.3 is 0 Å². The molecule has 1 aromatic rings. The topological polar surface area (TPSA) is 12.4 Å². The lowest BCUT2D eigenvalue weighted by Gasteiger charge is -2.41. The molecule has 1 heteroatoms. The number of hydrogen-bond donors (Lipinski definition) is 0. The third-order valence-electron chi connectivity index (χ3n) is 5.29. The first-order valence-electron chi connectivity index (χ1n) is 8.47. The Hall–Kier alpha value is -1.11. The van der Waals surface area contributed by atoms with Gasteiger partial charge in [-0.15, -0.1) is 0 Å². The van der Waals surface area contributed by atoms with Gasteiger partial charge in [-0.2, -0.15) is 0 Å². The van der Waals surface area contributed by atoms with Crippen LogP contribution >= 0.6 is 0 Å². The van der Waals surface area contributed by atoms with Gasteiger partial charge in [0.25, 0.3) is 0 Å². The highest BCUT2D eigenvalue weighted by Gasteiger charge is 2.38. The van der Waals surface area contributed by atoms with Gasteiger partial charge in [0.15, 0.2) is 0 Å². The van der Waals surface area contributed by atoms with Gasteiger partial charge in [-0.1, -0.05) is 56.0 Å². The van der Waals surface area contributed by atoms with E-state index in [1.165, 1.54) is 63.4 Å². The van der Waals surface area contributed by atoms with Crippen LogP contribution in [0, 0.1) is 5.41 Å². The summed E-state index contributed by atoms with van der Waals surface area (Å²) < 4.78 is 0. The number of nitrogens with zero attached hydrogens (tertiary/aromatic N) is 1. The van der Waals surface area contributed by atoms with Crippen LogP contribution in [-0.4, -0.2) is 12.3 Å². The molecule has 0 unspecified atom stereocenters. The van der Waals surface area contributed by atoms with Crippen LogP contribution < -0.4 is 0 Å². The summed E-state index contributed by atoms with van der Waals surface area (Å²) in [5, 5.41) is 0. The average Bonchev–Trinajstić information content (AvgIpc) is 2.51. The summed E-state index contributed by atoms with van der Waals surface area (Å²) >= 11 is 0. The van der Waals surface area contributed by atoms with Crippen LogP contribution in [0.15, 0.2) is 35.3 Å². The van der Waals surface area contributed by atoms with Crippen molar-refractivity contribution in [3.05, 3.63) is 35.9 Å². The lowest BCUT2D eigenvalue weighted by Crippen LogP contribution is -2.36. The van der Waals surface area contributed by atoms with Gasteiger partial charge >= 0.3 is 0 Å². The molecule has 0 atom stereocenters. The molecule has 0 saturated heterocycles. The van der Waals surface area contributed by atoms with Crippen molar-refractivity contribution in [1.29, 1.82) is 0 Å². The Kier molecular flexibility index (Phi) is 4.54. The summed E-state index contributed by atoms with van der Waals surface area (Å²) in [6.45, 7) is 0.987. The molecule has 3 rings (SSSR count). The van der Waals surface area contributed by atoms with Gasteiger partial charge in [0, 0.05) is 17.7 Å². The first kappa shape index (κ1) is 13.9. The van der Waals surface area contributed by atoms with Crippen LogP contribution in [0.25, 0.3) is 0 Å². The first-order chi connectivity index (χ1) is 9.89. The third-order valence-corrected chi connectivity index (χ3v) is 5.29. The molecule has 1 nitrogen and oxygen atoms in total. The second-order valence-electron chi connectivity index (χ2n) is 6.61. The molecule has 108 valence electrons. The maximum Gasteiger partial charge on any atom is 0.0429 e. The molecule has 0 N–H and O–H groups in total. The molecule has 2 fully saturated rings. The molecule has 0 aromatic heterocycles. The molecule has 20 heavy (non-hydrogen) atoms. The van der Waals surface area contributed by atoms with E-state index < -0.39 is 0 Å². The summed E-state index contributed by atoms with van der Waals surface area (Å²) in [6.07, 6.45) is 13.7. The van der Waals surface area contributed by atoms with Gasteiger partial charge in [0.1, 0.15) is 0 Å². The number of rotatable bonds is 3. The van der Waals surface area contributed by atoms with Crippen molar-refractivity contribution in [3.63, 3.8) is 0 Å². The summed E-state index contributed by atoms with van der Waals surface area (Å²) in [5.41, 5.74) is 3.53. The highest BCUT2D eigenvalue weighted by molar-refractivity contribution is 5.91. The monoisotopic (exact) mass is 269 g/mol. The van der Waals surface area contributed by atoms with Crippen molar-refractivity contribution in [3.8, 4) is 0 Å². The van der Waals surface area contributed by atoms with Crippen molar-refractivity contribution in [2.75, 3.05) is 6.54 Å². The molecule has 0 amide bonds. The molecule has 1 spiro atoms. The zero-order valence-electron chi connectivity index (χ0n) is 12.6. The molecular weight excluding hydrogens is 242 g/mol. The predicted molar refractivity (Wildman–Crippen MR) is 86.4 cm³/mol. The Balaban J connectivity index is 1.65. The third kappa shape index (κ3) is 3.13. The normalized spacial score (nSPS) is 24.1. The van der Waals surface area contributed by atoms with E-state index in [0.29, 0.717) is 5.41 Å². The maximum absolute atomic E-state index is 5.07. The lowest BCUT2D eigenvalue weighted by atomic mass is 9.64. The standard InChI is InChI=1S/C19H27N/c1-3-9-17(10-4-1)12-16-20-18-11-5-8-15-19(18)13-6-2-7-14-19/h1,3-4,9-10H,2,5-8,11-16H2. The molecular formula is C19H27N. The SMILES string of the molecule is c1ccc(CCN=C2CCCCC23CCCCC3)cc1. The van der Waals surface area contributed by atoms with E-state index >= 15 is 0 Å². The van der Waals surface area contributed by atoms with Crippen molar-refractivity contribution in [2.45, 2.75) is 64.2 Å². The zero-order valence-corrected chi connectivity index (χ0v) is 12.6. The van der Waals surface area contributed by atoms with Gasteiger partial charge in [-0.05, 0) is 44.1 Å². The number of benzene rings is 1. The van der Waals surface area contributed by atoms with Crippen LogP contribution in [-0.2, 0) is 6.42 Å². The Bertz CT molecular complexity index is 432. The fourth-order valence-electron chi connectivity index (χ4n) is 4.14. The van der Waals surface area contributed by atoms with Crippen molar-refractivity contribution < 1.29 is 0 Å². The number of hydrogen-bond acceptors (Lipinski definition) is 1. The molecule has 0 bridgehead atoms. The minimum absolute atomic E-state index is 0.521. The Morgan fingerprint density at radius 1 is 0.850 bits per heavy atom. The molecule has 0 radical (unpaired) electrons. The molecule has 1 aromatic carbocycles. The summed E-state index contributed by atoms with van der Waals surface area (Å²) in [6, 6.07) is 10.8. The molecule has 0 heterocycles. The highest BCUT2D eigenvalue weighted by atomic mass is 14.8. The Morgan fingerprint density at radius 3 is 2.30 bits per heavy atom. The van der Waals surface area contributed by atoms with Crippen LogP contribution in [0.4, 0.5) is 0 Å². The fraction of sp³-hybridized carbons (Fsp3) is 0.632. The molecule has 2 aliphatic carbocycles. The first-order valence-corrected chi connectivity index (χ1v) is 8.47. The predicted octanol–water partition coefficient (Wildman–Crippen LogP) is 5.19. The van der Waals surface area contributed by atoms with Gasteiger partial charge in [0.2, 0.25) is 0 Å². The van der Waals surface area contributed by atoms with E-state index in [1.807, 2.05) is 0 Å². The highest BCUT2D eigenvalue weighted by Crippen LogP contribution is 2.45.